The van der Waals surface area contributed by atoms with E-state index >= 15 is 0 Å². The van der Waals surface area contributed by atoms with Crippen LogP contribution in [0.15, 0.2) is 83.0 Å². The van der Waals surface area contributed by atoms with Gasteiger partial charge in [-0.05, 0) is 48.4 Å². The number of sulfone groups is 1. The van der Waals surface area contributed by atoms with Gasteiger partial charge < -0.3 is 9.14 Å². The number of ether oxygens (including phenoxy) is 1. The zero-order chi connectivity index (χ0) is 22.0. The molecule has 158 valence electrons. The number of carbonyl (C=O) groups excluding carboxylic acids is 1. The molecular formula is C23H19FN2O4S. The summed E-state index contributed by atoms with van der Waals surface area (Å²) in [6.45, 7) is 0. The molecule has 0 N–H and O–H groups in total. The summed E-state index contributed by atoms with van der Waals surface area (Å²) in [7, 11) is -2.66. The number of aromatic nitrogens is 2. The van der Waals surface area contributed by atoms with Gasteiger partial charge in [0.05, 0.1) is 12.0 Å². The van der Waals surface area contributed by atoms with E-state index in [1.165, 1.54) is 25.3 Å². The Balaban J connectivity index is 1.48. The highest BCUT2D eigenvalue weighted by molar-refractivity contribution is 7.91. The van der Waals surface area contributed by atoms with E-state index in [9.17, 15) is 17.6 Å². The molecule has 8 heteroatoms. The number of nitrogens with zero attached hydrogens (tertiary/aromatic N) is 2. The van der Waals surface area contributed by atoms with Crippen LogP contribution in [-0.2, 0) is 16.3 Å². The molecule has 0 aliphatic heterocycles. The Kier molecular flexibility index (Phi) is 5.56. The third-order valence-electron chi connectivity index (χ3n) is 5.01. The first-order chi connectivity index (χ1) is 14.9. The highest BCUT2D eigenvalue weighted by Crippen LogP contribution is 2.27. The molecule has 4 aromatic rings. The van der Waals surface area contributed by atoms with Crippen LogP contribution >= 0.6 is 0 Å². The van der Waals surface area contributed by atoms with Crippen LogP contribution in [0.2, 0.25) is 0 Å². The van der Waals surface area contributed by atoms with Crippen molar-refractivity contribution in [3.8, 4) is 5.75 Å². The topological polar surface area (TPSA) is 77.7 Å². The molecule has 0 fully saturated rings. The molecule has 0 atom stereocenters. The largest absolute Gasteiger partial charge is 0.497 e. The maximum atomic E-state index is 14.1. The van der Waals surface area contributed by atoms with Crippen LogP contribution in [0.25, 0.3) is 5.65 Å². The van der Waals surface area contributed by atoms with E-state index in [-0.39, 0.29) is 22.8 Å². The summed E-state index contributed by atoms with van der Waals surface area (Å²) in [5.74, 6) is -0.611. The lowest BCUT2D eigenvalue weighted by molar-refractivity contribution is 0.0982. The van der Waals surface area contributed by atoms with Crippen LogP contribution in [0, 0.1) is 5.82 Å². The number of rotatable bonds is 7. The normalized spacial score (nSPS) is 11.5. The molecule has 0 spiro atoms. The quantitative estimate of drug-likeness (QED) is 0.406. The van der Waals surface area contributed by atoms with Gasteiger partial charge in [0.25, 0.3) is 0 Å². The predicted molar refractivity (Wildman–Crippen MR) is 113 cm³/mol. The molecule has 0 radical (unpaired) electrons. The fraction of sp³-hybridized carbons (Fsp3) is 0.130. The van der Waals surface area contributed by atoms with Crippen molar-refractivity contribution in [3.63, 3.8) is 0 Å². The first kappa shape index (κ1) is 20.7. The minimum absolute atomic E-state index is 0.0225. The minimum Gasteiger partial charge on any atom is -0.497 e. The number of aryl methyl sites for hydroxylation is 1. The van der Waals surface area contributed by atoms with Gasteiger partial charge in [-0.3, -0.25) is 4.79 Å². The van der Waals surface area contributed by atoms with E-state index < -0.39 is 20.5 Å². The summed E-state index contributed by atoms with van der Waals surface area (Å²) in [4.78, 5) is 16.2. The molecule has 0 saturated carbocycles. The van der Waals surface area contributed by atoms with E-state index in [0.29, 0.717) is 12.0 Å². The maximum Gasteiger partial charge on any atom is 0.209 e. The van der Waals surface area contributed by atoms with Crippen LogP contribution in [0.3, 0.4) is 0 Å². The lowest BCUT2D eigenvalue weighted by atomic mass is 10.0. The fourth-order valence-corrected chi connectivity index (χ4v) is 4.61. The van der Waals surface area contributed by atoms with Gasteiger partial charge in [-0.2, -0.15) is 0 Å². The fourth-order valence-electron chi connectivity index (χ4n) is 3.27. The zero-order valence-corrected chi connectivity index (χ0v) is 17.5. The van der Waals surface area contributed by atoms with E-state index in [1.54, 1.807) is 47.3 Å². The summed E-state index contributed by atoms with van der Waals surface area (Å²) < 4.78 is 46.5. The van der Waals surface area contributed by atoms with Gasteiger partial charge in [0, 0.05) is 36.6 Å². The van der Waals surface area contributed by atoms with Crippen LogP contribution in [0.4, 0.5) is 4.39 Å². The lowest BCUT2D eigenvalue weighted by Crippen LogP contribution is -2.06. The van der Waals surface area contributed by atoms with E-state index in [0.717, 1.165) is 23.3 Å². The summed E-state index contributed by atoms with van der Waals surface area (Å²) in [5, 5.41) is 0. The van der Waals surface area contributed by atoms with Crippen molar-refractivity contribution < 1.29 is 22.3 Å². The minimum atomic E-state index is -4.04. The number of carbonyl (C=O) groups is 1. The molecule has 0 unspecified atom stereocenters. The van der Waals surface area contributed by atoms with Gasteiger partial charge in [-0.25, -0.2) is 17.8 Å². The number of pyridine rings is 1. The third kappa shape index (κ3) is 4.20. The van der Waals surface area contributed by atoms with Crippen molar-refractivity contribution in [2.75, 3.05) is 7.11 Å². The number of ketones is 1. The van der Waals surface area contributed by atoms with Crippen molar-refractivity contribution in [1.29, 1.82) is 0 Å². The smallest absolute Gasteiger partial charge is 0.209 e. The van der Waals surface area contributed by atoms with Crippen molar-refractivity contribution in [2.45, 2.75) is 22.6 Å². The van der Waals surface area contributed by atoms with Gasteiger partial charge in [0.2, 0.25) is 9.84 Å². The molecule has 0 saturated heterocycles. The van der Waals surface area contributed by atoms with Crippen molar-refractivity contribution >= 4 is 21.3 Å². The Labute approximate surface area is 178 Å². The average molecular weight is 438 g/mol. The van der Waals surface area contributed by atoms with Gasteiger partial charge in [-0.15, -0.1) is 0 Å². The number of hydrogen-bond donors (Lipinski definition) is 0. The molecule has 31 heavy (non-hydrogen) atoms. The molecule has 2 aromatic carbocycles. The Hall–Kier alpha value is -3.52. The summed E-state index contributed by atoms with van der Waals surface area (Å²) in [6, 6.07) is 13.2. The monoisotopic (exact) mass is 438 g/mol. The molecule has 0 bridgehead atoms. The molecule has 0 aliphatic carbocycles. The first-order valence-electron chi connectivity index (χ1n) is 9.52. The molecule has 0 aliphatic rings. The zero-order valence-electron chi connectivity index (χ0n) is 16.7. The maximum absolute atomic E-state index is 14.1. The molecule has 6 nitrogen and oxygen atoms in total. The van der Waals surface area contributed by atoms with Gasteiger partial charge >= 0.3 is 0 Å². The summed E-state index contributed by atoms with van der Waals surface area (Å²) in [6.07, 6.45) is 5.90. The highest BCUT2D eigenvalue weighted by Gasteiger charge is 2.22. The number of Topliss-reactive ketones (excluding diaryl/α,β-unsaturated/α-hetero) is 1. The van der Waals surface area contributed by atoms with Crippen LogP contribution in [0.1, 0.15) is 22.3 Å². The molecule has 2 aromatic heterocycles. The number of benzene rings is 2. The number of halogens is 1. The number of fused-ring (bicyclic) bond motifs is 1. The summed E-state index contributed by atoms with van der Waals surface area (Å²) >= 11 is 0. The Morgan fingerprint density at radius 1 is 1.10 bits per heavy atom. The van der Waals surface area contributed by atoms with Crippen molar-refractivity contribution in [1.82, 2.24) is 9.38 Å². The van der Waals surface area contributed by atoms with Gasteiger partial charge in [0.1, 0.15) is 22.1 Å². The van der Waals surface area contributed by atoms with E-state index in [2.05, 4.69) is 4.98 Å². The van der Waals surface area contributed by atoms with Crippen LogP contribution in [0.5, 0.6) is 5.75 Å². The highest BCUT2D eigenvalue weighted by atomic mass is 32.2. The van der Waals surface area contributed by atoms with E-state index in [4.69, 9.17) is 4.74 Å². The predicted octanol–water partition coefficient (Wildman–Crippen LogP) is 4.13. The van der Waals surface area contributed by atoms with Crippen LogP contribution < -0.4 is 4.74 Å². The van der Waals surface area contributed by atoms with E-state index in [1.807, 2.05) is 0 Å². The first-order valence-corrected chi connectivity index (χ1v) is 11.0. The van der Waals surface area contributed by atoms with Crippen molar-refractivity contribution in [3.05, 3.63) is 90.1 Å². The standard InChI is InChI=1S/C23H19FN2O4S/c1-30-18-6-9-20(24)22(14-18)31(28,29)19-7-2-16(3-8-19)4-10-21(27)17-5-11-23-25-12-13-26(23)15-17/h2-3,5-9,11-15H,4,10H2,1H3. The van der Waals surface area contributed by atoms with Gasteiger partial charge in [-0.1, -0.05) is 12.1 Å². The molecule has 2 heterocycles. The third-order valence-corrected chi connectivity index (χ3v) is 6.80. The second-order valence-electron chi connectivity index (χ2n) is 6.98. The lowest BCUT2D eigenvalue weighted by Gasteiger charge is -2.09. The van der Waals surface area contributed by atoms with Crippen molar-refractivity contribution in [2.24, 2.45) is 0 Å². The van der Waals surface area contributed by atoms with Gasteiger partial charge in [0.15, 0.2) is 5.78 Å². The Morgan fingerprint density at radius 2 is 1.87 bits per heavy atom. The second kappa shape index (κ2) is 8.31. The molecular weight excluding hydrogens is 419 g/mol. The number of hydrogen-bond acceptors (Lipinski definition) is 5. The second-order valence-corrected chi connectivity index (χ2v) is 8.90. The Bertz CT molecular complexity index is 1360. The Morgan fingerprint density at radius 3 is 2.61 bits per heavy atom. The van der Waals surface area contributed by atoms with Crippen LogP contribution in [-0.4, -0.2) is 30.7 Å². The average Bonchev–Trinajstić information content (AvgIpc) is 3.26. The number of imidazole rings is 1. The number of methoxy groups -OCH3 is 1. The summed E-state index contributed by atoms with van der Waals surface area (Å²) in [5.41, 5.74) is 2.15. The SMILES string of the molecule is COc1ccc(F)c(S(=O)(=O)c2ccc(CCC(=O)c3ccc4nccn4c3)cc2)c1. The molecule has 4 rings (SSSR count). The molecule has 0 amide bonds.